The van der Waals surface area contributed by atoms with Gasteiger partial charge in [0.15, 0.2) is 0 Å². The fraction of sp³-hybridized carbons (Fsp3) is 0.253. The van der Waals surface area contributed by atoms with E-state index < -0.39 is 11.7 Å². The predicted octanol–water partition coefficient (Wildman–Crippen LogP) is 26.6. The van der Waals surface area contributed by atoms with Gasteiger partial charge in [0.25, 0.3) is 0 Å². The molecule has 102 heavy (non-hydrogen) atoms. The summed E-state index contributed by atoms with van der Waals surface area (Å²) in [6.45, 7) is 29.2. The Morgan fingerprint density at radius 3 is 1.34 bits per heavy atom. The first-order valence-electron chi connectivity index (χ1n) is 36.2. The fourth-order valence-corrected chi connectivity index (χ4v) is 16.0. The Hall–Kier alpha value is -10.2. The summed E-state index contributed by atoms with van der Waals surface area (Å²) in [5, 5.41) is 3.42. The van der Waals surface area contributed by atoms with E-state index in [4.69, 9.17) is 15.0 Å². The number of rotatable bonds is 10. The quantitative estimate of drug-likeness (QED) is 0.128. The van der Waals surface area contributed by atoms with Crippen LogP contribution < -0.4 is 0 Å². The van der Waals surface area contributed by atoms with Gasteiger partial charge in [0.2, 0.25) is 0 Å². The molecule has 4 heterocycles. The molecule has 4 aromatic heterocycles. The molecule has 1 saturated carbocycles. The highest BCUT2D eigenvalue weighted by Crippen LogP contribution is 2.55. The van der Waals surface area contributed by atoms with Gasteiger partial charge in [-0.25, -0.2) is 4.98 Å². The molecule has 0 bridgehead atoms. The SMILES string of the molecule is Cc1cccc(-c2cc(-c3cc(C(C)(C)C)ccn3)ccc2-c2cc(C(C)(C)C)ccc2C2CC(c3ccccc3-c3ccc4c(c3)c3ccccc3n3c5ccccc5nc43)CC(c3ccc(C(C)(C)C)cc3-c3ccc(-c4cc(C(C)(C)C)ccn4)cc3-c3cccc(C(F)(F)F)c3)C2)c1. The first kappa shape index (κ1) is 67.6. The van der Waals surface area contributed by atoms with E-state index in [-0.39, 0.29) is 39.4 Å². The number of hydrogen-bond acceptors (Lipinski definition) is 3. The minimum absolute atomic E-state index is 0.0247. The van der Waals surface area contributed by atoms with E-state index in [9.17, 15) is 0 Å². The van der Waals surface area contributed by atoms with Crippen LogP contribution in [0.5, 0.6) is 0 Å². The Bertz CT molecular complexity index is 5580. The molecule has 3 unspecified atom stereocenters. The van der Waals surface area contributed by atoms with Crippen molar-refractivity contribution >= 4 is 38.4 Å². The smallest absolute Gasteiger partial charge is 0.292 e. The summed E-state index contributed by atoms with van der Waals surface area (Å²) in [5.41, 5.74) is 26.2. The molecule has 14 aromatic rings. The highest BCUT2D eigenvalue weighted by atomic mass is 19.4. The zero-order valence-corrected chi connectivity index (χ0v) is 60.9. The molecule has 0 aliphatic heterocycles. The van der Waals surface area contributed by atoms with Crippen molar-refractivity contribution < 1.29 is 13.2 Å². The molecule has 1 aliphatic rings. The van der Waals surface area contributed by atoms with Crippen LogP contribution in [0.15, 0.2) is 249 Å². The summed E-state index contributed by atoms with van der Waals surface area (Å²) in [6, 6.07) is 84.4. The van der Waals surface area contributed by atoms with Crippen LogP contribution in [0, 0.1) is 6.92 Å². The number of nitrogens with zero attached hydrogens (tertiary/aromatic N) is 4. The summed E-state index contributed by atoms with van der Waals surface area (Å²) in [5.74, 6) is 0.0587. The van der Waals surface area contributed by atoms with Crippen LogP contribution in [-0.2, 0) is 27.8 Å². The molecule has 1 aliphatic carbocycles. The van der Waals surface area contributed by atoms with Crippen LogP contribution in [0.4, 0.5) is 13.2 Å². The molecule has 3 atom stereocenters. The van der Waals surface area contributed by atoms with E-state index in [1.165, 1.54) is 62.2 Å². The number of pyridine rings is 3. The summed E-state index contributed by atoms with van der Waals surface area (Å²) in [6.07, 6.45) is 1.76. The second-order valence-corrected chi connectivity index (χ2v) is 32.9. The average Bonchev–Trinajstić information content (AvgIpc) is 1.73. The molecule has 15 rings (SSSR count). The van der Waals surface area contributed by atoms with Gasteiger partial charge in [-0.3, -0.25) is 14.4 Å². The fourth-order valence-electron chi connectivity index (χ4n) is 16.0. The van der Waals surface area contributed by atoms with Crippen LogP contribution in [0.1, 0.15) is 170 Å². The second kappa shape index (κ2) is 25.7. The van der Waals surface area contributed by atoms with Gasteiger partial charge in [-0.05, 0) is 244 Å². The van der Waals surface area contributed by atoms with Crippen molar-refractivity contribution in [2.24, 2.45) is 0 Å². The number of alkyl halides is 3. The lowest BCUT2D eigenvalue weighted by Gasteiger charge is -2.39. The van der Waals surface area contributed by atoms with E-state index in [2.05, 4.69) is 307 Å². The molecular weight excluding hydrogens is 1250 g/mol. The number of fused-ring (bicyclic) bond motifs is 8. The second-order valence-electron chi connectivity index (χ2n) is 32.9. The lowest BCUT2D eigenvalue weighted by atomic mass is 9.65. The van der Waals surface area contributed by atoms with Crippen molar-refractivity contribution in [3.8, 4) is 78.1 Å². The monoisotopic (exact) mass is 1340 g/mol. The van der Waals surface area contributed by atoms with Crippen LogP contribution in [0.3, 0.4) is 0 Å². The number of halogens is 3. The number of aryl methyl sites for hydroxylation is 1. The van der Waals surface area contributed by atoms with E-state index in [0.29, 0.717) is 5.56 Å². The van der Waals surface area contributed by atoms with Gasteiger partial charge >= 0.3 is 6.18 Å². The summed E-state index contributed by atoms with van der Waals surface area (Å²) < 4.78 is 47.5. The minimum atomic E-state index is -4.56. The van der Waals surface area contributed by atoms with Crippen molar-refractivity contribution in [2.75, 3.05) is 0 Å². The van der Waals surface area contributed by atoms with Crippen molar-refractivity contribution in [2.45, 2.75) is 155 Å². The summed E-state index contributed by atoms with van der Waals surface area (Å²) in [7, 11) is 0. The van der Waals surface area contributed by atoms with Gasteiger partial charge in [-0.2, -0.15) is 13.2 Å². The molecule has 1 fully saturated rings. The van der Waals surface area contributed by atoms with E-state index in [1.54, 1.807) is 6.07 Å². The third-order valence-electron chi connectivity index (χ3n) is 21.7. The molecule has 4 nitrogen and oxygen atoms in total. The Labute approximate surface area is 599 Å². The first-order valence-corrected chi connectivity index (χ1v) is 36.2. The Balaban J connectivity index is 0.960. The van der Waals surface area contributed by atoms with Gasteiger partial charge in [0.1, 0.15) is 5.65 Å². The Morgan fingerprint density at radius 2 is 0.794 bits per heavy atom. The van der Waals surface area contributed by atoms with Crippen LogP contribution in [0.2, 0.25) is 0 Å². The molecule has 0 amide bonds. The molecule has 0 N–H and O–H groups in total. The van der Waals surface area contributed by atoms with Crippen LogP contribution in [-0.4, -0.2) is 19.4 Å². The molecule has 0 spiro atoms. The number of imidazole rings is 1. The highest BCUT2D eigenvalue weighted by molar-refractivity contribution is 6.15. The lowest BCUT2D eigenvalue weighted by molar-refractivity contribution is -0.137. The van der Waals surface area contributed by atoms with Gasteiger partial charge in [-0.1, -0.05) is 246 Å². The van der Waals surface area contributed by atoms with Crippen molar-refractivity contribution in [3.05, 3.63) is 299 Å². The minimum Gasteiger partial charge on any atom is -0.292 e. The normalized spacial score (nSPS) is 15.6. The maximum Gasteiger partial charge on any atom is 0.416 e. The number of para-hydroxylation sites is 3. The largest absolute Gasteiger partial charge is 0.416 e. The molecule has 10 aromatic carbocycles. The molecular formula is C95H89F3N4. The topological polar surface area (TPSA) is 43.1 Å². The number of hydrogen-bond donors (Lipinski definition) is 0. The zero-order chi connectivity index (χ0) is 71.4. The molecule has 0 saturated heterocycles. The Morgan fingerprint density at radius 1 is 0.324 bits per heavy atom. The van der Waals surface area contributed by atoms with Gasteiger partial charge in [0.05, 0.1) is 33.5 Å². The standard InChI is InChI=1S/C95H89F3N4/c1-58-22-20-23-59(46-58)80-52-62(86-56-69(42-44-99-86)93(8,9)10)33-37-76(80)83-54-67(91(2,3)4)35-40-74(83)65-47-64(73-27-15-14-26-72(73)61-32-39-79-82(51-61)78-28-16-18-30-88(78)102-89-31-19-17-29-85(89)101-90(79)102)48-66(49-65)75-41-36-68(92(5,6)7)55-84(75)77-38-34-63(87-57-70(43-45-100-87)94(11,12)13)53-81(77)60-24-21-25-71(50-60)95(96,97)98/h14-46,50-57,64-66H,47-49H2,1-13H3. The van der Waals surface area contributed by atoms with Gasteiger partial charge in [-0.15, -0.1) is 0 Å². The maximum atomic E-state index is 15.1. The van der Waals surface area contributed by atoms with Gasteiger partial charge in [0, 0.05) is 34.3 Å². The first-order chi connectivity index (χ1) is 48.6. The van der Waals surface area contributed by atoms with Crippen molar-refractivity contribution in [3.63, 3.8) is 0 Å². The van der Waals surface area contributed by atoms with Crippen molar-refractivity contribution in [1.82, 2.24) is 19.4 Å². The molecule has 0 radical (unpaired) electrons. The third-order valence-corrected chi connectivity index (χ3v) is 21.7. The van der Waals surface area contributed by atoms with Crippen LogP contribution in [0.25, 0.3) is 117 Å². The van der Waals surface area contributed by atoms with Crippen molar-refractivity contribution in [1.29, 1.82) is 0 Å². The number of benzene rings is 10. The zero-order valence-electron chi connectivity index (χ0n) is 60.9. The summed E-state index contributed by atoms with van der Waals surface area (Å²) >= 11 is 0. The molecule has 7 heteroatoms. The average molecular weight is 1340 g/mol. The number of aromatic nitrogens is 4. The lowest BCUT2D eigenvalue weighted by Crippen LogP contribution is -2.22. The van der Waals surface area contributed by atoms with Crippen LogP contribution >= 0.6 is 0 Å². The summed E-state index contributed by atoms with van der Waals surface area (Å²) in [4.78, 5) is 15.2. The third kappa shape index (κ3) is 12.9. The highest BCUT2D eigenvalue weighted by Gasteiger charge is 2.37. The van der Waals surface area contributed by atoms with E-state index >= 15 is 13.2 Å². The maximum absolute atomic E-state index is 15.1. The van der Waals surface area contributed by atoms with E-state index in [1.807, 2.05) is 18.5 Å². The Kier molecular flexibility index (Phi) is 17.0. The van der Waals surface area contributed by atoms with Gasteiger partial charge < -0.3 is 0 Å². The van der Waals surface area contributed by atoms with E-state index in [0.717, 1.165) is 125 Å². The predicted molar refractivity (Wildman–Crippen MR) is 421 cm³/mol. The molecule has 510 valence electrons.